The van der Waals surface area contributed by atoms with Crippen LogP contribution in [0.4, 0.5) is 0 Å². The van der Waals surface area contributed by atoms with Gasteiger partial charge in [0.15, 0.2) is 0 Å². The highest BCUT2D eigenvalue weighted by molar-refractivity contribution is 5.76. The highest BCUT2D eigenvalue weighted by Crippen LogP contribution is 2.75. The molecule has 0 aromatic rings. The number of carbonyl (C=O) groups is 1. The minimum absolute atomic E-state index is 0.0301. The lowest BCUT2D eigenvalue weighted by molar-refractivity contribution is -0.205. The van der Waals surface area contributed by atoms with Crippen molar-refractivity contribution in [3.63, 3.8) is 0 Å². The molecule has 3 heteroatoms. The smallest absolute Gasteiger partial charge is 0.310 e. The number of allylic oxidation sites excluding steroid dienone is 2. The van der Waals surface area contributed by atoms with Crippen LogP contribution in [0.5, 0.6) is 0 Å². The number of aliphatic carboxylic acids is 1. The molecule has 5 rings (SSSR count). The van der Waals surface area contributed by atoms with Crippen LogP contribution in [0.25, 0.3) is 0 Å². The fourth-order valence-corrected chi connectivity index (χ4v) is 10.6. The summed E-state index contributed by atoms with van der Waals surface area (Å²) in [5, 5.41) is 21.4. The Balaban J connectivity index is 1.60. The zero-order valence-electron chi connectivity index (χ0n) is 22.3. The zero-order chi connectivity index (χ0) is 24.2. The van der Waals surface area contributed by atoms with Gasteiger partial charge in [0.25, 0.3) is 0 Å². The van der Waals surface area contributed by atoms with E-state index in [2.05, 4.69) is 54.5 Å². The van der Waals surface area contributed by atoms with E-state index in [9.17, 15) is 15.0 Å². The molecule has 4 fully saturated rings. The highest BCUT2D eigenvalue weighted by Gasteiger charge is 2.69. The fourth-order valence-electron chi connectivity index (χ4n) is 10.6. The Labute approximate surface area is 201 Å². The number of hydrogen-bond donors (Lipinski definition) is 2. The van der Waals surface area contributed by atoms with E-state index in [1.807, 2.05) is 0 Å². The molecule has 186 valence electrons. The van der Waals surface area contributed by atoms with Crippen molar-refractivity contribution >= 4 is 5.97 Å². The van der Waals surface area contributed by atoms with E-state index in [0.29, 0.717) is 11.8 Å². The molecule has 5 aliphatic rings. The maximum Gasteiger partial charge on any atom is 0.310 e. The third-order valence-corrected chi connectivity index (χ3v) is 13.0. The number of rotatable bonds is 1. The average molecular weight is 457 g/mol. The molecule has 4 saturated carbocycles. The monoisotopic (exact) mass is 456 g/mol. The molecule has 0 spiro atoms. The number of aliphatic hydroxyl groups is 1. The van der Waals surface area contributed by atoms with Gasteiger partial charge < -0.3 is 10.2 Å². The second-order valence-corrected chi connectivity index (χ2v) is 15.1. The van der Waals surface area contributed by atoms with Crippen molar-refractivity contribution in [2.75, 3.05) is 0 Å². The van der Waals surface area contributed by atoms with Gasteiger partial charge in [-0.2, -0.15) is 0 Å². The maximum absolute atomic E-state index is 12.8. The Bertz CT molecular complexity index is 885. The van der Waals surface area contributed by atoms with Crippen LogP contribution in [-0.2, 0) is 4.79 Å². The van der Waals surface area contributed by atoms with Crippen LogP contribution in [0.2, 0.25) is 0 Å². The van der Waals surface area contributed by atoms with E-state index >= 15 is 0 Å². The Hall–Kier alpha value is -0.830. The molecule has 5 aliphatic carbocycles. The van der Waals surface area contributed by atoms with Crippen LogP contribution in [-0.4, -0.2) is 22.3 Å². The van der Waals surface area contributed by atoms with Gasteiger partial charge in [-0.25, -0.2) is 0 Å². The summed E-state index contributed by atoms with van der Waals surface area (Å²) in [6.07, 6.45) is 12.6. The summed E-state index contributed by atoms with van der Waals surface area (Å²) in [5.74, 6) is 0.807. The first-order valence-corrected chi connectivity index (χ1v) is 13.8. The van der Waals surface area contributed by atoms with Gasteiger partial charge in [0.2, 0.25) is 0 Å². The topological polar surface area (TPSA) is 57.5 Å². The summed E-state index contributed by atoms with van der Waals surface area (Å²) in [5.41, 5.74) is 1.68. The molecule has 0 heterocycles. The molecule has 0 unspecified atom stereocenters. The van der Waals surface area contributed by atoms with E-state index in [1.165, 1.54) is 18.4 Å². The predicted octanol–water partition coefficient (Wildman–Crippen LogP) is 7.23. The molecular formula is C30H48O3. The van der Waals surface area contributed by atoms with Gasteiger partial charge >= 0.3 is 5.97 Å². The Morgan fingerprint density at radius 2 is 1.55 bits per heavy atom. The van der Waals surface area contributed by atoms with Gasteiger partial charge in [0.1, 0.15) is 0 Å². The van der Waals surface area contributed by atoms with Crippen molar-refractivity contribution < 1.29 is 15.0 Å². The first kappa shape index (κ1) is 23.9. The first-order chi connectivity index (χ1) is 15.1. The van der Waals surface area contributed by atoms with Gasteiger partial charge in [-0.1, -0.05) is 60.1 Å². The van der Waals surface area contributed by atoms with Crippen molar-refractivity contribution in [3.05, 3.63) is 11.6 Å². The summed E-state index contributed by atoms with van der Waals surface area (Å²) in [6, 6.07) is 0. The van der Waals surface area contributed by atoms with Crippen molar-refractivity contribution in [1.29, 1.82) is 0 Å². The largest absolute Gasteiger partial charge is 0.481 e. The third-order valence-electron chi connectivity index (χ3n) is 13.0. The van der Waals surface area contributed by atoms with E-state index < -0.39 is 11.4 Å². The number of fused-ring (bicyclic) bond motifs is 7. The standard InChI is InChI=1S/C30H48O3/c1-25(2)14-16-30(24(32)33)17-15-28(6)19(20(30)18-25)8-9-22-27(5)12-11-23(31)26(3,4)21(27)10-13-29(22,28)7/h8,20-23,31H,9-18H2,1-7H3,(H,32,33)/t20-,21-,22-,23-,27-,28-,29-,30+/m1/s1. The third kappa shape index (κ3) is 2.87. The average Bonchev–Trinajstić information content (AvgIpc) is 2.71. The van der Waals surface area contributed by atoms with Crippen LogP contribution < -0.4 is 0 Å². The van der Waals surface area contributed by atoms with Crippen molar-refractivity contribution in [3.8, 4) is 0 Å². The lowest BCUT2D eigenvalue weighted by atomic mass is 9.33. The molecule has 3 nitrogen and oxygen atoms in total. The van der Waals surface area contributed by atoms with Crippen LogP contribution in [0, 0.1) is 50.2 Å². The van der Waals surface area contributed by atoms with Gasteiger partial charge in [0.05, 0.1) is 11.5 Å². The molecule has 0 radical (unpaired) electrons. The summed E-state index contributed by atoms with van der Waals surface area (Å²) < 4.78 is 0. The van der Waals surface area contributed by atoms with E-state index in [1.54, 1.807) is 0 Å². The summed E-state index contributed by atoms with van der Waals surface area (Å²) in [6.45, 7) is 16.9. The summed E-state index contributed by atoms with van der Waals surface area (Å²) in [4.78, 5) is 12.8. The minimum atomic E-state index is -0.553. The minimum Gasteiger partial charge on any atom is -0.481 e. The van der Waals surface area contributed by atoms with E-state index in [4.69, 9.17) is 0 Å². The molecule has 2 N–H and O–H groups in total. The molecule has 0 aliphatic heterocycles. The lowest BCUT2D eigenvalue weighted by Crippen LogP contribution is -2.65. The van der Waals surface area contributed by atoms with E-state index in [-0.39, 0.29) is 39.1 Å². The molecule has 0 aromatic carbocycles. The summed E-state index contributed by atoms with van der Waals surface area (Å²) in [7, 11) is 0. The van der Waals surface area contributed by atoms with Crippen LogP contribution in [0.3, 0.4) is 0 Å². The van der Waals surface area contributed by atoms with Crippen LogP contribution in [0.15, 0.2) is 11.6 Å². The van der Waals surface area contributed by atoms with E-state index in [0.717, 1.165) is 51.4 Å². The molecule has 0 saturated heterocycles. The van der Waals surface area contributed by atoms with Gasteiger partial charge in [-0.3, -0.25) is 4.79 Å². The Morgan fingerprint density at radius 3 is 2.21 bits per heavy atom. The SMILES string of the molecule is CC1(C)CC[C@]2(C(=O)O)CC[C@]3(C)C(=CC[C@@H]4[C@]5(C)CC[C@@H](O)C(C)(C)[C@H]5CC[C@]43C)[C@H]2C1. The van der Waals surface area contributed by atoms with Crippen LogP contribution >= 0.6 is 0 Å². The predicted molar refractivity (Wildman–Crippen MR) is 133 cm³/mol. The molecule has 0 aromatic heterocycles. The summed E-state index contributed by atoms with van der Waals surface area (Å²) >= 11 is 0. The molecule has 0 amide bonds. The second-order valence-electron chi connectivity index (χ2n) is 15.1. The van der Waals surface area contributed by atoms with Crippen molar-refractivity contribution in [2.24, 2.45) is 50.2 Å². The zero-order valence-corrected chi connectivity index (χ0v) is 22.3. The van der Waals surface area contributed by atoms with Gasteiger partial charge in [-0.15, -0.1) is 0 Å². The van der Waals surface area contributed by atoms with Crippen molar-refractivity contribution in [2.45, 2.75) is 119 Å². The molecule has 0 bridgehead atoms. The molecular weight excluding hydrogens is 408 g/mol. The maximum atomic E-state index is 12.8. The highest BCUT2D eigenvalue weighted by atomic mass is 16.4. The van der Waals surface area contributed by atoms with Crippen molar-refractivity contribution in [1.82, 2.24) is 0 Å². The Kier molecular flexibility index (Phi) is 4.99. The number of hydrogen-bond acceptors (Lipinski definition) is 2. The second kappa shape index (κ2) is 6.89. The normalized spacial score (nSPS) is 52.4. The first-order valence-electron chi connectivity index (χ1n) is 13.8. The lowest BCUT2D eigenvalue weighted by Gasteiger charge is -2.71. The van der Waals surface area contributed by atoms with Crippen LogP contribution in [0.1, 0.15) is 113 Å². The molecule has 33 heavy (non-hydrogen) atoms. The molecule has 8 atom stereocenters. The van der Waals surface area contributed by atoms with Gasteiger partial charge in [0, 0.05) is 0 Å². The number of carboxylic acids is 1. The van der Waals surface area contributed by atoms with Gasteiger partial charge in [-0.05, 0) is 109 Å². The fraction of sp³-hybridized carbons (Fsp3) is 0.900. The number of carboxylic acid groups (broad SMARTS) is 1. The number of aliphatic hydroxyl groups excluding tert-OH is 1. The quantitative estimate of drug-likeness (QED) is 0.409. The Morgan fingerprint density at radius 1 is 0.879 bits per heavy atom.